The van der Waals surface area contributed by atoms with Crippen molar-refractivity contribution >= 4 is 15.7 Å². The first kappa shape index (κ1) is 13.1. The highest BCUT2D eigenvalue weighted by Gasteiger charge is 2.21. The van der Waals surface area contributed by atoms with Gasteiger partial charge >= 0.3 is 0 Å². The molecule has 1 aromatic rings. The van der Waals surface area contributed by atoms with Gasteiger partial charge in [0, 0.05) is 38.6 Å². The third-order valence-corrected chi connectivity index (χ3v) is 4.62. The third kappa shape index (κ3) is 3.58. The summed E-state index contributed by atoms with van der Waals surface area (Å²) < 4.78 is 22.5. The number of hydrogen-bond donors (Lipinski definition) is 2. The lowest BCUT2D eigenvalue weighted by atomic mass is 10.3. The van der Waals surface area contributed by atoms with Crippen LogP contribution in [-0.2, 0) is 9.84 Å². The predicted molar refractivity (Wildman–Crippen MR) is 68.2 cm³/mol. The standard InChI is InChI=1S/C11H17N3O3S/c15-11(10-1-2-12-9-10)13-3-4-14-5-7-18(16,17)8-6-14/h1-2,9,12H,3-8H2,(H,13,15). The molecule has 7 heteroatoms. The van der Waals surface area contributed by atoms with Crippen molar-refractivity contribution in [3.05, 3.63) is 24.0 Å². The van der Waals surface area contributed by atoms with E-state index in [1.165, 1.54) is 0 Å². The van der Waals surface area contributed by atoms with Crippen molar-refractivity contribution in [2.45, 2.75) is 0 Å². The van der Waals surface area contributed by atoms with Gasteiger partial charge in [0.1, 0.15) is 0 Å². The van der Waals surface area contributed by atoms with E-state index in [1.807, 2.05) is 0 Å². The Kier molecular flexibility index (Phi) is 4.03. The SMILES string of the molecule is O=C(NCCN1CCS(=O)(=O)CC1)c1cc[nH]c1. The van der Waals surface area contributed by atoms with Gasteiger partial charge in [0.25, 0.3) is 5.91 Å². The lowest BCUT2D eigenvalue weighted by Gasteiger charge is -2.26. The van der Waals surface area contributed by atoms with Crippen LogP contribution in [0.15, 0.2) is 18.5 Å². The number of sulfone groups is 1. The number of amides is 1. The minimum Gasteiger partial charge on any atom is -0.367 e. The highest BCUT2D eigenvalue weighted by atomic mass is 32.2. The maximum atomic E-state index is 11.6. The van der Waals surface area contributed by atoms with Crippen molar-refractivity contribution < 1.29 is 13.2 Å². The largest absolute Gasteiger partial charge is 0.367 e. The van der Waals surface area contributed by atoms with Crippen LogP contribution in [0, 0.1) is 0 Å². The average molecular weight is 271 g/mol. The number of aromatic nitrogens is 1. The summed E-state index contributed by atoms with van der Waals surface area (Å²) in [6.07, 6.45) is 3.34. The summed E-state index contributed by atoms with van der Waals surface area (Å²) in [4.78, 5) is 16.5. The van der Waals surface area contributed by atoms with Gasteiger partial charge in [-0.05, 0) is 6.07 Å². The highest BCUT2D eigenvalue weighted by molar-refractivity contribution is 7.91. The van der Waals surface area contributed by atoms with Crippen LogP contribution in [0.25, 0.3) is 0 Å². The zero-order valence-electron chi connectivity index (χ0n) is 10.1. The second kappa shape index (κ2) is 5.53. The summed E-state index contributed by atoms with van der Waals surface area (Å²) in [6, 6.07) is 1.71. The van der Waals surface area contributed by atoms with Crippen molar-refractivity contribution in [3.8, 4) is 0 Å². The van der Waals surface area contributed by atoms with Crippen LogP contribution in [0.5, 0.6) is 0 Å². The number of aromatic amines is 1. The topological polar surface area (TPSA) is 82.3 Å². The summed E-state index contributed by atoms with van der Waals surface area (Å²) in [5.74, 6) is 0.332. The van der Waals surface area contributed by atoms with Gasteiger partial charge in [-0.25, -0.2) is 8.42 Å². The van der Waals surface area contributed by atoms with Crippen molar-refractivity contribution in [2.75, 3.05) is 37.7 Å². The van der Waals surface area contributed by atoms with Crippen molar-refractivity contribution in [1.29, 1.82) is 0 Å². The fourth-order valence-corrected chi connectivity index (χ4v) is 3.15. The van der Waals surface area contributed by atoms with E-state index in [0.29, 0.717) is 31.7 Å². The molecule has 0 aromatic carbocycles. The van der Waals surface area contributed by atoms with E-state index in [-0.39, 0.29) is 17.4 Å². The van der Waals surface area contributed by atoms with Gasteiger partial charge in [-0.3, -0.25) is 9.69 Å². The van der Waals surface area contributed by atoms with Crippen LogP contribution >= 0.6 is 0 Å². The minimum absolute atomic E-state index is 0.110. The summed E-state index contributed by atoms with van der Waals surface area (Å²) in [6.45, 7) is 2.33. The first-order chi connectivity index (χ1) is 8.57. The van der Waals surface area contributed by atoms with Gasteiger partial charge in [0.15, 0.2) is 9.84 Å². The molecule has 6 nitrogen and oxygen atoms in total. The van der Waals surface area contributed by atoms with Crippen LogP contribution in [0.4, 0.5) is 0 Å². The number of hydrogen-bond acceptors (Lipinski definition) is 4. The molecule has 0 radical (unpaired) electrons. The molecule has 0 atom stereocenters. The number of rotatable bonds is 4. The van der Waals surface area contributed by atoms with Crippen LogP contribution in [0.3, 0.4) is 0 Å². The zero-order chi connectivity index (χ0) is 13.0. The normalized spacial score (nSPS) is 19.6. The molecule has 1 aliphatic rings. The summed E-state index contributed by atoms with van der Waals surface area (Å²) in [7, 11) is -2.83. The van der Waals surface area contributed by atoms with E-state index in [0.717, 1.165) is 0 Å². The number of nitrogens with zero attached hydrogens (tertiary/aromatic N) is 1. The molecule has 1 saturated heterocycles. The molecule has 1 aromatic heterocycles. The Hall–Kier alpha value is -1.34. The Morgan fingerprint density at radius 3 is 2.72 bits per heavy atom. The first-order valence-electron chi connectivity index (χ1n) is 5.91. The van der Waals surface area contributed by atoms with Crippen LogP contribution in [0.2, 0.25) is 0 Å². The lowest BCUT2D eigenvalue weighted by Crippen LogP contribution is -2.43. The average Bonchev–Trinajstić information content (AvgIpc) is 2.85. The quantitative estimate of drug-likeness (QED) is 0.771. The molecular weight excluding hydrogens is 254 g/mol. The molecule has 0 bridgehead atoms. The molecule has 100 valence electrons. The van der Waals surface area contributed by atoms with Crippen molar-refractivity contribution in [1.82, 2.24) is 15.2 Å². The monoisotopic (exact) mass is 271 g/mol. The summed E-state index contributed by atoms with van der Waals surface area (Å²) in [5, 5.41) is 2.80. The summed E-state index contributed by atoms with van der Waals surface area (Å²) >= 11 is 0. The zero-order valence-corrected chi connectivity index (χ0v) is 10.9. The van der Waals surface area contributed by atoms with E-state index >= 15 is 0 Å². The lowest BCUT2D eigenvalue weighted by molar-refractivity contribution is 0.0949. The van der Waals surface area contributed by atoms with Crippen LogP contribution < -0.4 is 5.32 Å². The molecule has 1 amide bonds. The molecule has 1 aliphatic heterocycles. The Morgan fingerprint density at radius 2 is 2.11 bits per heavy atom. The fourth-order valence-electron chi connectivity index (χ4n) is 1.87. The van der Waals surface area contributed by atoms with E-state index < -0.39 is 9.84 Å². The van der Waals surface area contributed by atoms with Gasteiger partial charge < -0.3 is 10.3 Å². The molecule has 2 N–H and O–H groups in total. The van der Waals surface area contributed by atoms with E-state index in [4.69, 9.17) is 0 Å². The van der Waals surface area contributed by atoms with Crippen LogP contribution in [0.1, 0.15) is 10.4 Å². The van der Waals surface area contributed by atoms with Gasteiger partial charge in [0.05, 0.1) is 17.1 Å². The van der Waals surface area contributed by atoms with Gasteiger partial charge in [-0.15, -0.1) is 0 Å². The van der Waals surface area contributed by atoms with Gasteiger partial charge in [-0.1, -0.05) is 0 Å². The predicted octanol–water partition coefficient (Wildman–Crippen LogP) is -0.525. The first-order valence-corrected chi connectivity index (χ1v) is 7.73. The molecule has 0 aliphatic carbocycles. The molecule has 2 heterocycles. The Labute approximate surface area is 106 Å². The van der Waals surface area contributed by atoms with Crippen LogP contribution in [-0.4, -0.2) is 61.9 Å². The second-order valence-corrected chi connectivity index (χ2v) is 6.65. The van der Waals surface area contributed by atoms with E-state index in [1.54, 1.807) is 18.5 Å². The Bertz CT molecular complexity index is 482. The number of H-pyrrole nitrogens is 1. The maximum Gasteiger partial charge on any atom is 0.252 e. The molecular formula is C11H17N3O3S. The van der Waals surface area contributed by atoms with Crippen molar-refractivity contribution in [2.24, 2.45) is 0 Å². The molecule has 1 fully saturated rings. The van der Waals surface area contributed by atoms with Gasteiger partial charge in [-0.2, -0.15) is 0 Å². The second-order valence-electron chi connectivity index (χ2n) is 4.35. The molecule has 2 rings (SSSR count). The smallest absolute Gasteiger partial charge is 0.252 e. The highest BCUT2D eigenvalue weighted by Crippen LogP contribution is 2.02. The number of carbonyl (C=O) groups is 1. The molecule has 0 spiro atoms. The molecule has 0 unspecified atom stereocenters. The van der Waals surface area contributed by atoms with E-state index in [9.17, 15) is 13.2 Å². The Morgan fingerprint density at radius 1 is 1.39 bits per heavy atom. The minimum atomic E-state index is -2.83. The van der Waals surface area contributed by atoms with Crippen molar-refractivity contribution in [3.63, 3.8) is 0 Å². The Balaban J connectivity index is 1.69. The molecule has 0 saturated carbocycles. The van der Waals surface area contributed by atoms with Gasteiger partial charge in [0.2, 0.25) is 0 Å². The number of nitrogens with one attached hydrogen (secondary N) is 2. The summed E-state index contributed by atoms with van der Waals surface area (Å²) in [5.41, 5.74) is 0.608. The number of carbonyl (C=O) groups excluding carboxylic acids is 1. The third-order valence-electron chi connectivity index (χ3n) is 3.01. The maximum absolute atomic E-state index is 11.6. The van der Waals surface area contributed by atoms with E-state index in [2.05, 4.69) is 15.2 Å². The molecule has 18 heavy (non-hydrogen) atoms. The fraction of sp³-hybridized carbons (Fsp3) is 0.545.